The molecular weight excluding hydrogens is 312 g/mol. The predicted octanol–water partition coefficient (Wildman–Crippen LogP) is 2.99. The van der Waals surface area contributed by atoms with E-state index in [0.717, 1.165) is 18.6 Å². The van der Waals surface area contributed by atoms with Crippen molar-refractivity contribution in [3.8, 4) is 0 Å². The van der Waals surface area contributed by atoms with E-state index in [-0.39, 0.29) is 11.9 Å². The normalized spacial score (nSPS) is 17.9. The summed E-state index contributed by atoms with van der Waals surface area (Å²) in [5.41, 5.74) is 4.10. The van der Waals surface area contributed by atoms with Gasteiger partial charge in [-0.1, -0.05) is 24.3 Å². The molecule has 128 valence electrons. The Labute approximate surface area is 147 Å². The molecule has 0 spiro atoms. The summed E-state index contributed by atoms with van der Waals surface area (Å²) in [6.07, 6.45) is 1.73. The zero-order chi connectivity index (χ0) is 17.4. The largest absolute Gasteiger partial charge is 0.367 e. The monoisotopic (exact) mass is 334 g/mol. The molecule has 1 amide bonds. The number of hydrogen-bond acceptors (Lipinski definition) is 3. The molecule has 3 heterocycles. The van der Waals surface area contributed by atoms with Gasteiger partial charge in [-0.2, -0.15) is 5.10 Å². The number of piperazine rings is 1. The van der Waals surface area contributed by atoms with E-state index < -0.39 is 0 Å². The van der Waals surface area contributed by atoms with Crippen molar-refractivity contribution in [2.24, 2.45) is 0 Å². The Hall–Kier alpha value is -2.82. The van der Waals surface area contributed by atoms with E-state index in [4.69, 9.17) is 0 Å². The first-order valence-electron chi connectivity index (χ1n) is 8.69. The summed E-state index contributed by atoms with van der Waals surface area (Å²) in [6, 6.07) is 16.2. The lowest BCUT2D eigenvalue weighted by atomic mass is 10.1. The number of anilines is 1. The maximum absolute atomic E-state index is 13.1. The molecule has 0 N–H and O–H groups in total. The van der Waals surface area contributed by atoms with Crippen LogP contribution < -0.4 is 4.90 Å². The summed E-state index contributed by atoms with van der Waals surface area (Å²) in [5.74, 6) is 0.0474. The highest BCUT2D eigenvalue weighted by Gasteiger charge is 2.29. The minimum absolute atomic E-state index is 0.0474. The standard InChI is InChI=1S/C20H22N4O/c1-15-6-3-4-8-18(15)22-12-13-23(16(2)14-22)20(25)19-9-5-7-17-10-11-21-24(17)19/h3-11,16H,12-14H2,1-2H3/t16-/m1/s1. The number of carbonyl (C=O) groups excluding carboxylic acids is 1. The van der Waals surface area contributed by atoms with Crippen molar-refractivity contribution < 1.29 is 4.79 Å². The highest BCUT2D eigenvalue weighted by molar-refractivity contribution is 5.93. The third-order valence-corrected chi connectivity index (χ3v) is 4.98. The SMILES string of the molecule is Cc1ccccc1N1CCN(C(=O)c2cccc3ccnn23)[C@H](C)C1. The molecule has 4 rings (SSSR count). The van der Waals surface area contributed by atoms with Crippen LogP contribution in [0.15, 0.2) is 54.7 Å². The molecule has 0 radical (unpaired) electrons. The Bertz CT molecular complexity index is 917. The minimum Gasteiger partial charge on any atom is -0.367 e. The number of benzene rings is 1. The third kappa shape index (κ3) is 2.76. The number of hydrogen-bond donors (Lipinski definition) is 0. The number of rotatable bonds is 2. The molecule has 5 heteroatoms. The molecular formula is C20H22N4O. The molecule has 1 saturated heterocycles. The van der Waals surface area contributed by atoms with E-state index in [2.05, 4.69) is 48.1 Å². The minimum atomic E-state index is 0.0474. The molecule has 2 aromatic heterocycles. The van der Waals surface area contributed by atoms with Crippen LogP contribution in [0.1, 0.15) is 23.0 Å². The van der Waals surface area contributed by atoms with E-state index in [1.807, 2.05) is 29.2 Å². The summed E-state index contributed by atoms with van der Waals surface area (Å²) < 4.78 is 1.72. The second-order valence-corrected chi connectivity index (χ2v) is 6.66. The van der Waals surface area contributed by atoms with Gasteiger partial charge in [-0.05, 0) is 43.7 Å². The summed E-state index contributed by atoms with van der Waals surface area (Å²) in [4.78, 5) is 17.4. The molecule has 1 aromatic carbocycles. The molecule has 1 fully saturated rings. The van der Waals surface area contributed by atoms with E-state index >= 15 is 0 Å². The fraction of sp³-hybridized carbons (Fsp3) is 0.300. The second kappa shape index (κ2) is 6.24. The molecule has 0 saturated carbocycles. The molecule has 0 bridgehead atoms. The summed E-state index contributed by atoms with van der Waals surface area (Å²) in [7, 11) is 0. The lowest BCUT2D eigenvalue weighted by Gasteiger charge is -2.41. The van der Waals surface area contributed by atoms with Crippen LogP contribution >= 0.6 is 0 Å². The van der Waals surface area contributed by atoms with Gasteiger partial charge in [0, 0.05) is 31.4 Å². The van der Waals surface area contributed by atoms with Crippen molar-refractivity contribution >= 4 is 17.1 Å². The van der Waals surface area contributed by atoms with Gasteiger partial charge in [0.2, 0.25) is 0 Å². The second-order valence-electron chi connectivity index (χ2n) is 6.66. The van der Waals surface area contributed by atoms with E-state index in [9.17, 15) is 4.79 Å². The molecule has 5 nitrogen and oxygen atoms in total. The van der Waals surface area contributed by atoms with Gasteiger partial charge in [0.05, 0.1) is 11.7 Å². The van der Waals surface area contributed by atoms with Crippen molar-refractivity contribution in [1.82, 2.24) is 14.5 Å². The van der Waals surface area contributed by atoms with Crippen molar-refractivity contribution in [2.45, 2.75) is 19.9 Å². The highest BCUT2D eigenvalue weighted by atomic mass is 16.2. The predicted molar refractivity (Wildman–Crippen MR) is 99.1 cm³/mol. The van der Waals surface area contributed by atoms with Crippen LogP contribution in [0, 0.1) is 6.92 Å². The Morgan fingerprint density at radius 1 is 1.08 bits per heavy atom. The fourth-order valence-corrected chi connectivity index (χ4v) is 3.65. The van der Waals surface area contributed by atoms with Gasteiger partial charge in [0.25, 0.3) is 5.91 Å². The first-order valence-corrected chi connectivity index (χ1v) is 8.69. The first-order chi connectivity index (χ1) is 12.1. The van der Waals surface area contributed by atoms with Crippen LogP contribution in [-0.4, -0.2) is 46.1 Å². The van der Waals surface area contributed by atoms with Crippen molar-refractivity contribution in [1.29, 1.82) is 0 Å². The zero-order valence-corrected chi connectivity index (χ0v) is 14.6. The number of carbonyl (C=O) groups is 1. The zero-order valence-electron chi connectivity index (χ0n) is 14.6. The van der Waals surface area contributed by atoms with Crippen LogP contribution in [0.5, 0.6) is 0 Å². The van der Waals surface area contributed by atoms with Gasteiger partial charge < -0.3 is 9.80 Å². The number of fused-ring (bicyclic) bond motifs is 1. The molecule has 1 atom stereocenters. The molecule has 0 aliphatic carbocycles. The highest BCUT2D eigenvalue weighted by Crippen LogP contribution is 2.23. The van der Waals surface area contributed by atoms with E-state index in [1.165, 1.54) is 11.3 Å². The number of pyridine rings is 1. The average molecular weight is 334 g/mol. The molecule has 25 heavy (non-hydrogen) atoms. The Morgan fingerprint density at radius 2 is 1.92 bits per heavy atom. The third-order valence-electron chi connectivity index (χ3n) is 4.98. The number of aryl methyl sites for hydroxylation is 1. The van der Waals surface area contributed by atoms with E-state index in [0.29, 0.717) is 12.2 Å². The van der Waals surface area contributed by atoms with Gasteiger partial charge in [-0.15, -0.1) is 0 Å². The Balaban J connectivity index is 1.56. The van der Waals surface area contributed by atoms with Crippen LogP contribution in [0.3, 0.4) is 0 Å². The molecule has 3 aromatic rings. The number of para-hydroxylation sites is 1. The van der Waals surface area contributed by atoms with Crippen LogP contribution in [0.2, 0.25) is 0 Å². The van der Waals surface area contributed by atoms with Crippen molar-refractivity contribution in [2.75, 3.05) is 24.5 Å². The van der Waals surface area contributed by atoms with Gasteiger partial charge in [-0.3, -0.25) is 4.79 Å². The van der Waals surface area contributed by atoms with Crippen LogP contribution in [0.25, 0.3) is 5.52 Å². The van der Waals surface area contributed by atoms with Crippen LogP contribution in [0.4, 0.5) is 5.69 Å². The number of aromatic nitrogens is 2. The number of nitrogens with zero attached hydrogens (tertiary/aromatic N) is 4. The van der Waals surface area contributed by atoms with Crippen molar-refractivity contribution in [3.63, 3.8) is 0 Å². The lowest BCUT2D eigenvalue weighted by Crippen LogP contribution is -2.54. The summed E-state index contributed by atoms with van der Waals surface area (Å²) in [6.45, 7) is 6.65. The van der Waals surface area contributed by atoms with Gasteiger partial charge >= 0.3 is 0 Å². The molecule has 1 aliphatic rings. The van der Waals surface area contributed by atoms with Crippen LogP contribution in [-0.2, 0) is 0 Å². The topological polar surface area (TPSA) is 40.8 Å². The maximum Gasteiger partial charge on any atom is 0.272 e. The fourth-order valence-electron chi connectivity index (χ4n) is 3.65. The molecule has 0 unspecified atom stereocenters. The summed E-state index contributed by atoms with van der Waals surface area (Å²) in [5, 5.41) is 4.29. The molecule has 1 aliphatic heterocycles. The van der Waals surface area contributed by atoms with Gasteiger partial charge in [0.15, 0.2) is 0 Å². The van der Waals surface area contributed by atoms with Gasteiger partial charge in [-0.25, -0.2) is 4.52 Å². The van der Waals surface area contributed by atoms with E-state index in [1.54, 1.807) is 10.7 Å². The maximum atomic E-state index is 13.1. The smallest absolute Gasteiger partial charge is 0.272 e. The Kier molecular flexibility index (Phi) is 3.92. The first kappa shape index (κ1) is 15.7. The van der Waals surface area contributed by atoms with Crippen molar-refractivity contribution in [3.05, 3.63) is 66.0 Å². The number of amides is 1. The Morgan fingerprint density at radius 3 is 2.72 bits per heavy atom. The average Bonchev–Trinajstić information content (AvgIpc) is 3.10. The summed E-state index contributed by atoms with van der Waals surface area (Å²) >= 11 is 0. The quantitative estimate of drug-likeness (QED) is 0.723. The lowest BCUT2D eigenvalue weighted by molar-refractivity contribution is 0.0665. The van der Waals surface area contributed by atoms with Gasteiger partial charge in [0.1, 0.15) is 5.69 Å².